The molecule has 1 unspecified atom stereocenters. The maximum absolute atomic E-state index is 10.5. The molecule has 0 amide bonds. The fraction of sp³-hybridized carbons (Fsp3) is 0.900. The standard InChI is InChI=1S/C10H19NO2/c1-8(10(12)13)6-11-7-9-4-2-3-5-9/h8-9,11H,2-7H2,1H3,(H,12,13). The molecule has 2 N–H and O–H groups in total. The molecule has 3 heteroatoms. The summed E-state index contributed by atoms with van der Waals surface area (Å²) in [5.74, 6) is -0.179. The van der Waals surface area contributed by atoms with Crippen LogP contribution in [0.3, 0.4) is 0 Å². The van der Waals surface area contributed by atoms with Crippen molar-refractivity contribution in [2.24, 2.45) is 11.8 Å². The number of rotatable bonds is 5. The summed E-state index contributed by atoms with van der Waals surface area (Å²) < 4.78 is 0. The Bertz CT molecular complexity index is 164. The zero-order valence-electron chi connectivity index (χ0n) is 8.25. The van der Waals surface area contributed by atoms with Crippen molar-refractivity contribution in [2.45, 2.75) is 32.6 Å². The van der Waals surface area contributed by atoms with E-state index in [0.717, 1.165) is 12.5 Å². The number of carboxylic acids is 1. The van der Waals surface area contributed by atoms with E-state index in [9.17, 15) is 4.79 Å². The summed E-state index contributed by atoms with van der Waals surface area (Å²) in [5.41, 5.74) is 0. The van der Waals surface area contributed by atoms with E-state index in [1.165, 1.54) is 25.7 Å². The molecule has 0 aromatic heterocycles. The smallest absolute Gasteiger partial charge is 0.307 e. The van der Waals surface area contributed by atoms with Gasteiger partial charge < -0.3 is 10.4 Å². The van der Waals surface area contributed by atoms with E-state index in [1.54, 1.807) is 6.92 Å². The summed E-state index contributed by atoms with van der Waals surface area (Å²) in [6.45, 7) is 3.34. The molecule has 1 atom stereocenters. The molecular formula is C10H19NO2. The van der Waals surface area contributed by atoms with Crippen molar-refractivity contribution >= 4 is 5.97 Å². The fourth-order valence-corrected chi connectivity index (χ4v) is 1.81. The Morgan fingerprint density at radius 2 is 2.15 bits per heavy atom. The van der Waals surface area contributed by atoms with Crippen LogP contribution in [0.4, 0.5) is 0 Å². The quantitative estimate of drug-likeness (QED) is 0.682. The summed E-state index contributed by atoms with van der Waals surface area (Å²) in [4.78, 5) is 10.5. The van der Waals surface area contributed by atoms with Crippen LogP contribution in [0.25, 0.3) is 0 Å². The molecule has 1 fully saturated rings. The van der Waals surface area contributed by atoms with Gasteiger partial charge >= 0.3 is 5.97 Å². The van der Waals surface area contributed by atoms with Crippen molar-refractivity contribution in [1.29, 1.82) is 0 Å². The van der Waals surface area contributed by atoms with Crippen molar-refractivity contribution in [1.82, 2.24) is 5.32 Å². The average Bonchev–Trinajstić information content (AvgIpc) is 2.56. The van der Waals surface area contributed by atoms with Gasteiger partial charge in [-0.3, -0.25) is 4.79 Å². The Kier molecular flexibility index (Phi) is 4.22. The van der Waals surface area contributed by atoms with Crippen molar-refractivity contribution in [2.75, 3.05) is 13.1 Å². The van der Waals surface area contributed by atoms with E-state index >= 15 is 0 Å². The zero-order chi connectivity index (χ0) is 9.68. The third-order valence-corrected chi connectivity index (χ3v) is 2.78. The van der Waals surface area contributed by atoms with Crippen LogP contribution in [0.1, 0.15) is 32.6 Å². The van der Waals surface area contributed by atoms with Crippen LogP contribution in [0.15, 0.2) is 0 Å². The highest BCUT2D eigenvalue weighted by Gasteiger charge is 2.15. The fourth-order valence-electron chi connectivity index (χ4n) is 1.81. The van der Waals surface area contributed by atoms with E-state index in [-0.39, 0.29) is 5.92 Å². The number of carboxylic acid groups (broad SMARTS) is 1. The maximum Gasteiger partial charge on any atom is 0.307 e. The van der Waals surface area contributed by atoms with Gasteiger partial charge in [-0.1, -0.05) is 19.8 Å². The molecule has 1 rings (SSSR count). The van der Waals surface area contributed by atoms with E-state index < -0.39 is 5.97 Å². The summed E-state index contributed by atoms with van der Waals surface area (Å²) >= 11 is 0. The van der Waals surface area contributed by atoms with Crippen molar-refractivity contribution in [3.8, 4) is 0 Å². The average molecular weight is 185 g/mol. The largest absolute Gasteiger partial charge is 0.481 e. The van der Waals surface area contributed by atoms with Crippen LogP contribution in [0.5, 0.6) is 0 Å². The van der Waals surface area contributed by atoms with Crippen LogP contribution < -0.4 is 5.32 Å². The van der Waals surface area contributed by atoms with Gasteiger partial charge in [-0.2, -0.15) is 0 Å². The van der Waals surface area contributed by atoms with Crippen molar-refractivity contribution in [3.05, 3.63) is 0 Å². The minimum Gasteiger partial charge on any atom is -0.481 e. The molecule has 0 saturated heterocycles. The van der Waals surface area contributed by atoms with Gasteiger partial charge in [0.15, 0.2) is 0 Å². The minimum absolute atomic E-state index is 0.263. The first kappa shape index (κ1) is 10.5. The number of carbonyl (C=O) groups is 1. The van der Waals surface area contributed by atoms with Gasteiger partial charge in [-0.25, -0.2) is 0 Å². The molecule has 0 aromatic carbocycles. The molecule has 0 radical (unpaired) electrons. The lowest BCUT2D eigenvalue weighted by molar-refractivity contribution is -0.140. The Morgan fingerprint density at radius 1 is 1.54 bits per heavy atom. The molecule has 13 heavy (non-hydrogen) atoms. The van der Waals surface area contributed by atoms with Crippen molar-refractivity contribution in [3.63, 3.8) is 0 Å². The van der Waals surface area contributed by atoms with Gasteiger partial charge in [0.1, 0.15) is 0 Å². The number of hydrogen-bond donors (Lipinski definition) is 2. The molecule has 0 aromatic rings. The lowest BCUT2D eigenvalue weighted by atomic mass is 10.1. The third kappa shape index (κ3) is 3.77. The monoisotopic (exact) mass is 185 g/mol. The van der Waals surface area contributed by atoms with Gasteiger partial charge in [0.25, 0.3) is 0 Å². The van der Waals surface area contributed by atoms with Crippen LogP contribution in [0.2, 0.25) is 0 Å². The third-order valence-electron chi connectivity index (χ3n) is 2.78. The molecule has 1 saturated carbocycles. The lowest BCUT2D eigenvalue weighted by Crippen LogP contribution is -2.29. The van der Waals surface area contributed by atoms with Gasteiger partial charge in [-0.05, 0) is 25.3 Å². The van der Waals surface area contributed by atoms with Crippen LogP contribution >= 0.6 is 0 Å². The molecule has 1 aliphatic rings. The molecular weight excluding hydrogens is 166 g/mol. The van der Waals surface area contributed by atoms with Crippen LogP contribution in [-0.4, -0.2) is 24.2 Å². The van der Waals surface area contributed by atoms with E-state index in [4.69, 9.17) is 5.11 Å². The second kappa shape index (κ2) is 5.22. The summed E-state index contributed by atoms with van der Waals surface area (Å²) in [6.07, 6.45) is 5.32. The zero-order valence-corrected chi connectivity index (χ0v) is 8.25. The van der Waals surface area contributed by atoms with Crippen LogP contribution in [0, 0.1) is 11.8 Å². The second-order valence-electron chi connectivity index (χ2n) is 4.05. The molecule has 76 valence electrons. The Labute approximate surface area is 79.5 Å². The molecule has 0 spiro atoms. The van der Waals surface area contributed by atoms with Crippen molar-refractivity contribution < 1.29 is 9.90 Å². The van der Waals surface area contributed by atoms with E-state index in [2.05, 4.69) is 5.32 Å². The topological polar surface area (TPSA) is 49.3 Å². The highest BCUT2D eigenvalue weighted by Crippen LogP contribution is 2.23. The highest BCUT2D eigenvalue weighted by atomic mass is 16.4. The lowest BCUT2D eigenvalue weighted by Gasteiger charge is -2.12. The Balaban J connectivity index is 2.02. The van der Waals surface area contributed by atoms with Gasteiger partial charge in [0.05, 0.1) is 5.92 Å². The Morgan fingerprint density at radius 3 is 2.69 bits per heavy atom. The molecule has 0 aliphatic heterocycles. The summed E-state index contributed by atoms with van der Waals surface area (Å²) in [6, 6.07) is 0. The number of hydrogen-bond acceptors (Lipinski definition) is 2. The molecule has 3 nitrogen and oxygen atoms in total. The molecule has 1 aliphatic carbocycles. The first-order chi connectivity index (χ1) is 6.20. The maximum atomic E-state index is 10.5. The summed E-state index contributed by atoms with van der Waals surface area (Å²) in [5, 5.41) is 11.9. The SMILES string of the molecule is CC(CNCC1CCCC1)C(=O)O. The normalized spacial score (nSPS) is 20.4. The molecule has 0 heterocycles. The van der Waals surface area contributed by atoms with Gasteiger partial charge in [0, 0.05) is 6.54 Å². The van der Waals surface area contributed by atoms with E-state index in [1.807, 2.05) is 0 Å². The Hall–Kier alpha value is -0.570. The number of aliphatic carboxylic acids is 1. The second-order valence-corrected chi connectivity index (χ2v) is 4.05. The predicted molar refractivity (Wildman–Crippen MR) is 51.6 cm³/mol. The summed E-state index contributed by atoms with van der Waals surface area (Å²) in [7, 11) is 0. The molecule has 0 bridgehead atoms. The van der Waals surface area contributed by atoms with E-state index in [0.29, 0.717) is 6.54 Å². The van der Waals surface area contributed by atoms with Crippen LogP contribution in [-0.2, 0) is 4.79 Å². The highest BCUT2D eigenvalue weighted by molar-refractivity contribution is 5.69. The van der Waals surface area contributed by atoms with Gasteiger partial charge in [0.2, 0.25) is 0 Å². The van der Waals surface area contributed by atoms with Gasteiger partial charge in [-0.15, -0.1) is 0 Å². The first-order valence-corrected chi connectivity index (χ1v) is 5.13. The number of nitrogens with one attached hydrogen (secondary N) is 1. The minimum atomic E-state index is -0.709. The first-order valence-electron chi connectivity index (χ1n) is 5.13. The predicted octanol–water partition coefficient (Wildman–Crippen LogP) is 1.49.